The van der Waals surface area contributed by atoms with Crippen LogP contribution in [0.25, 0.3) is 0 Å². The van der Waals surface area contributed by atoms with Gasteiger partial charge in [0.1, 0.15) is 0 Å². The van der Waals surface area contributed by atoms with E-state index in [0.717, 1.165) is 13.1 Å². The molecule has 1 heterocycles. The van der Waals surface area contributed by atoms with Crippen molar-refractivity contribution in [2.75, 3.05) is 31.6 Å². The number of rotatable bonds is 4. The van der Waals surface area contributed by atoms with Crippen LogP contribution in [0.15, 0.2) is 23.1 Å². The van der Waals surface area contributed by atoms with Crippen molar-refractivity contribution in [3.8, 4) is 0 Å². The van der Waals surface area contributed by atoms with Crippen molar-refractivity contribution in [3.63, 3.8) is 0 Å². The lowest BCUT2D eigenvalue weighted by Crippen LogP contribution is -2.42. The van der Waals surface area contributed by atoms with Crippen molar-refractivity contribution in [1.29, 1.82) is 0 Å². The van der Waals surface area contributed by atoms with Gasteiger partial charge >= 0.3 is 0 Å². The first-order chi connectivity index (χ1) is 8.97. The van der Waals surface area contributed by atoms with Crippen molar-refractivity contribution in [1.82, 2.24) is 5.32 Å². The highest BCUT2D eigenvalue weighted by Crippen LogP contribution is 2.24. The lowest BCUT2D eigenvalue weighted by molar-refractivity contribution is 0.0372. The number of anilines is 1. The van der Waals surface area contributed by atoms with Crippen LogP contribution in [-0.2, 0) is 14.8 Å². The summed E-state index contributed by atoms with van der Waals surface area (Å²) in [6, 6.07) is 4.35. The fourth-order valence-electron chi connectivity index (χ4n) is 1.79. The maximum Gasteiger partial charge on any atom is 0.238 e. The molecule has 4 N–H and O–H groups in total. The molecule has 1 aromatic carbocycles. The van der Waals surface area contributed by atoms with Crippen LogP contribution in [0, 0.1) is 0 Å². The third-order valence-corrected chi connectivity index (χ3v) is 4.02. The van der Waals surface area contributed by atoms with Crippen molar-refractivity contribution in [3.05, 3.63) is 23.2 Å². The summed E-state index contributed by atoms with van der Waals surface area (Å²) in [6.07, 6.45) is 0.0720. The highest BCUT2D eigenvalue weighted by Gasteiger charge is 2.14. The first-order valence-corrected chi connectivity index (χ1v) is 7.78. The van der Waals surface area contributed by atoms with E-state index in [4.69, 9.17) is 21.5 Å². The van der Waals surface area contributed by atoms with E-state index in [2.05, 4.69) is 10.6 Å². The minimum atomic E-state index is -3.72. The Morgan fingerprint density at radius 2 is 2.32 bits per heavy atom. The van der Waals surface area contributed by atoms with Gasteiger partial charge in [0.25, 0.3) is 0 Å². The molecule has 0 amide bonds. The Kier molecular flexibility index (Phi) is 4.64. The predicted molar refractivity (Wildman–Crippen MR) is 73.9 cm³/mol. The summed E-state index contributed by atoms with van der Waals surface area (Å²) >= 11 is 6.01. The number of hydrogen-bond acceptors (Lipinski definition) is 5. The zero-order chi connectivity index (χ0) is 13.9. The molecule has 1 aliphatic rings. The summed E-state index contributed by atoms with van der Waals surface area (Å²) in [5.41, 5.74) is 0.656. The summed E-state index contributed by atoms with van der Waals surface area (Å²) in [4.78, 5) is -0.00127. The zero-order valence-corrected chi connectivity index (χ0v) is 11.8. The van der Waals surface area contributed by atoms with Gasteiger partial charge in [-0.3, -0.25) is 0 Å². The van der Waals surface area contributed by atoms with Crippen LogP contribution >= 0.6 is 11.6 Å². The number of hydrogen-bond donors (Lipinski definition) is 3. The Labute approximate surface area is 117 Å². The summed E-state index contributed by atoms with van der Waals surface area (Å²) in [6.45, 7) is 2.92. The van der Waals surface area contributed by atoms with Crippen molar-refractivity contribution in [2.24, 2.45) is 5.14 Å². The molecule has 1 fully saturated rings. The van der Waals surface area contributed by atoms with Crippen molar-refractivity contribution < 1.29 is 13.2 Å². The van der Waals surface area contributed by atoms with Crippen LogP contribution in [0.4, 0.5) is 5.69 Å². The second-order valence-corrected chi connectivity index (χ2v) is 6.23. The fourth-order valence-corrected chi connectivity index (χ4v) is 2.64. The minimum Gasteiger partial charge on any atom is -0.381 e. The lowest BCUT2D eigenvalue weighted by atomic mass is 10.2. The van der Waals surface area contributed by atoms with E-state index in [-0.39, 0.29) is 11.0 Å². The highest BCUT2D eigenvalue weighted by molar-refractivity contribution is 7.89. The average molecular weight is 306 g/mol. The maximum atomic E-state index is 11.2. The molecule has 1 aromatic rings. The summed E-state index contributed by atoms with van der Waals surface area (Å²) in [7, 11) is -3.72. The maximum absolute atomic E-state index is 11.2. The van der Waals surface area contributed by atoms with Crippen molar-refractivity contribution in [2.45, 2.75) is 11.0 Å². The monoisotopic (exact) mass is 305 g/mol. The molecule has 0 bridgehead atoms. The average Bonchev–Trinajstić information content (AvgIpc) is 2.37. The topological polar surface area (TPSA) is 93.5 Å². The molecule has 6 nitrogen and oxygen atoms in total. The first-order valence-electron chi connectivity index (χ1n) is 5.85. The molecule has 2 rings (SSSR count). The van der Waals surface area contributed by atoms with Gasteiger partial charge in [-0.2, -0.15) is 0 Å². The van der Waals surface area contributed by atoms with E-state index in [1.807, 2.05) is 0 Å². The van der Waals surface area contributed by atoms with Crippen LogP contribution in [0.5, 0.6) is 0 Å². The number of sulfonamides is 1. The molecule has 19 heavy (non-hydrogen) atoms. The van der Waals surface area contributed by atoms with Gasteiger partial charge < -0.3 is 15.4 Å². The summed E-state index contributed by atoms with van der Waals surface area (Å²) < 4.78 is 27.9. The standard InChI is InChI=1S/C11H16ClN3O3S/c12-10-5-9(19(13,16)17)1-2-11(10)15-7-8-6-14-3-4-18-8/h1-2,5,8,14-15H,3-4,6-7H2,(H2,13,16,17). The number of nitrogens with one attached hydrogen (secondary N) is 2. The molecule has 1 atom stereocenters. The molecule has 1 aliphatic heterocycles. The molecule has 1 unspecified atom stereocenters. The van der Waals surface area contributed by atoms with Gasteiger partial charge in [0.05, 0.1) is 28.3 Å². The summed E-state index contributed by atoms with van der Waals surface area (Å²) in [5, 5.41) is 11.7. The molecule has 0 saturated carbocycles. The Balaban J connectivity index is 2.01. The second-order valence-electron chi connectivity index (χ2n) is 4.26. The number of primary sulfonamides is 1. The molecular formula is C11H16ClN3O3S. The molecule has 106 valence electrons. The van der Waals surface area contributed by atoms with Crippen LogP contribution in [0.3, 0.4) is 0 Å². The number of morpholine rings is 1. The fraction of sp³-hybridized carbons (Fsp3) is 0.455. The number of halogens is 1. The normalized spacial score (nSPS) is 20.2. The van der Waals surface area contributed by atoms with Crippen LogP contribution < -0.4 is 15.8 Å². The molecule has 8 heteroatoms. The lowest BCUT2D eigenvalue weighted by Gasteiger charge is -2.24. The van der Waals surface area contributed by atoms with Gasteiger partial charge in [0, 0.05) is 19.6 Å². The van der Waals surface area contributed by atoms with E-state index in [1.54, 1.807) is 6.07 Å². The SMILES string of the molecule is NS(=O)(=O)c1ccc(NCC2CNCCO2)c(Cl)c1. The number of benzene rings is 1. The quantitative estimate of drug-likeness (QED) is 0.748. The highest BCUT2D eigenvalue weighted by atomic mass is 35.5. The molecule has 0 aromatic heterocycles. The first kappa shape index (κ1) is 14.5. The Morgan fingerprint density at radius 1 is 1.53 bits per heavy atom. The molecular weight excluding hydrogens is 290 g/mol. The summed E-state index contributed by atoms with van der Waals surface area (Å²) in [5.74, 6) is 0. The van der Waals surface area contributed by atoms with Gasteiger partial charge in [-0.05, 0) is 18.2 Å². The smallest absolute Gasteiger partial charge is 0.238 e. The van der Waals surface area contributed by atoms with E-state index < -0.39 is 10.0 Å². The Hall–Kier alpha value is -0.860. The Bertz CT molecular complexity index is 544. The molecule has 0 spiro atoms. The number of ether oxygens (including phenoxy) is 1. The van der Waals surface area contributed by atoms with Crippen molar-refractivity contribution >= 4 is 27.3 Å². The molecule has 0 aliphatic carbocycles. The van der Waals surface area contributed by atoms with Crippen LogP contribution in [-0.4, -0.2) is 40.8 Å². The van der Waals surface area contributed by atoms with Gasteiger partial charge in [0.2, 0.25) is 10.0 Å². The molecule has 1 saturated heterocycles. The van der Waals surface area contributed by atoms with E-state index in [0.29, 0.717) is 23.9 Å². The van der Waals surface area contributed by atoms with E-state index in [1.165, 1.54) is 12.1 Å². The number of nitrogens with two attached hydrogens (primary N) is 1. The van der Waals surface area contributed by atoms with Crippen LogP contribution in [0.1, 0.15) is 0 Å². The second kappa shape index (κ2) is 6.06. The zero-order valence-electron chi connectivity index (χ0n) is 10.2. The Morgan fingerprint density at radius 3 is 2.89 bits per heavy atom. The molecule has 0 radical (unpaired) electrons. The third kappa shape index (κ3) is 4.05. The third-order valence-electron chi connectivity index (χ3n) is 2.79. The van der Waals surface area contributed by atoms with Gasteiger partial charge in [-0.15, -0.1) is 0 Å². The van der Waals surface area contributed by atoms with Crippen LogP contribution in [0.2, 0.25) is 5.02 Å². The van der Waals surface area contributed by atoms with Gasteiger partial charge in [0.15, 0.2) is 0 Å². The minimum absolute atomic E-state index is 0.00127. The van der Waals surface area contributed by atoms with Gasteiger partial charge in [-0.1, -0.05) is 11.6 Å². The van der Waals surface area contributed by atoms with E-state index >= 15 is 0 Å². The predicted octanol–water partition coefficient (Wildman–Crippen LogP) is 0.388. The van der Waals surface area contributed by atoms with Gasteiger partial charge in [-0.25, -0.2) is 13.6 Å². The largest absolute Gasteiger partial charge is 0.381 e. The van der Waals surface area contributed by atoms with E-state index in [9.17, 15) is 8.42 Å².